The zero-order chi connectivity index (χ0) is 13.7. The third-order valence-corrected chi connectivity index (χ3v) is 3.12. The number of thioether (sulfide) groups is 1. The van der Waals surface area contributed by atoms with E-state index < -0.39 is 5.76 Å². The Morgan fingerprint density at radius 3 is 2.74 bits per heavy atom. The molecule has 98 valence electrons. The lowest BCUT2D eigenvalue weighted by molar-refractivity contribution is 0.252. The van der Waals surface area contributed by atoms with Crippen LogP contribution < -0.4 is 5.32 Å². The van der Waals surface area contributed by atoms with Crippen molar-refractivity contribution in [2.75, 3.05) is 5.32 Å². The van der Waals surface area contributed by atoms with Gasteiger partial charge in [0.05, 0.1) is 6.54 Å². The van der Waals surface area contributed by atoms with Gasteiger partial charge in [0, 0.05) is 10.6 Å². The van der Waals surface area contributed by atoms with Gasteiger partial charge in [-0.25, -0.2) is 0 Å². The zero-order valence-corrected chi connectivity index (χ0v) is 10.6. The number of para-hydroxylation sites is 1. The average molecular weight is 280 g/mol. The molecule has 0 fully saturated rings. The van der Waals surface area contributed by atoms with E-state index >= 15 is 0 Å². The van der Waals surface area contributed by atoms with Crippen molar-refractivity contribution < 1.29 is 13.2 Å². The molecule has 0 saturated heterocycles. The van der Waals surface area contributed by atoms with Crippen molar-refractivity contribution in [2.45, 2.75) is 17.2 Å². The number of nitrogens with one attached hydrogen (secondary N) is 1. The Morgan fingerprint density at radius 1 is 1.26 bits per heavy atom. The van der Waals surface area contributed by atoms with E-state index in [1.807, 2.05) is 6.07 Å². The third kappa shape index (κ3) is 3.73. The van der Waals surface area contributed by atoms with Crippen LogP contribution in [0.3, 0.4) is 0 Å². The van der Waals surface area contributed by atoms with Gasteiger partial charge in [0.1, 0.15) is 11.8 Å². The van der Waals surface area contributed by atoms with Crippen LogP contribution in [0.5, 0.6) is 0 Å². The molecule has 1 N–H and O–H groups in total. The molecule has 0 radical (unpaired) electrons. The van der Waals surface area contributed by atoms with Crippen LogP contribution in [-0.2, 0) is 6.54 Å². The van der Waals surface area contributed by atoms with Crippen LogP contribution in [0.15, 0.2) is 45.7 Å². The van der Waals surface area contributed by atoms with Gasteiger partial charge in [-0.15, -0.1) is 0 Å². The van der Waals surface area contributed by atoms with E-state index in [0.717, 1.165) is 0 Å². The smallest absolute Gasteiger partial charge is 0.288 e. The summed E-state index contributed by atoms with van der Waals surface area (Å²) in [6, 6.07) is 11.9. The van der Waals surface area contributed by atoms with E-state index in [1.54, 1.807) is 36.4 Å². The minimum absolute atomic E-state index is 0.229. The second kappa shape index (κ2) is 6.25. The van der Waals surface area contributed by atoms with Crippen molar-refractivity contribution in [1.29, 1.82) is 5.26 Å². The van der Waals surface area contributed by atoms with Gasteiger partial charge in [0.2, 0.25) is 5.76 Å². The summed E-state index contributed by atoms with van der Waals surface area (Å²) in [5.74, 6) is -1.66. The third-order valence-electron chi connectivity index (χ3n) is 2.33. The van der Waals surface area contributed by atoms with Crippen LogP contribution in [0.1, 0.15) is 11.5 Å². The Labute approximate surface area is 113 Å². The molecule has 0 unspecified atom stereocenters. The lowest BCUT2D eigenvalue weighted by Gasteiger charge is -2.09. The summed E-state index contributed by atoms with van der Waals surface area (Å²) in [5, 5.41) is 11.6. The van der Waals surface area contributed by atoms with Crippen LogP contribution in [0, 0.1) is 11.3 Å². The minimum Gasteiger partial charge on any atom is -0.449 e. The first-order valence-electron chi connectivity index (χ1n) is 5.45. The molecule has 1 heterocycles. The lowest BCUT2D eigenvalue weighted by Crippen LogP contribution is -2.00. The van der Waals surface area contributed by atoms with Crippen molar-refractivity contribution in [2.24, 2.45) is 0 Å². The number of alkyl halides is 2. The van der Waals surface area contributed by atoms with Crippen molar-refractivity contribution in [3.63, 3.8) is 0 Å². The van der Waals surface area contributed by atoms with E-state index in [4.69, 9.17) is 9.68 Å². The van der Waals surface area contributed by atoms with Crippen molar-refractivity contribution in [3.8, 4) is 6.07 Å². The average Bonchev–Trinajstić information content (AvgIpc) is 2.85. The second-order valence-electron chi connectivity index (χ2n) is 3.61. The fraction of sp³-hybridized carbons (Fsp3) is 0.154. The van der Waals surface area contributed by atoms with Crippen LogP contribution in [0.4, 0.5) is 14.5 Å². The Morgan fingerprint density at radius 2 is 2.05 bits per heavy atom. The Bertz CT molecular complexity index is 592. The number of nitrogens with zero attached hydrogens (tertiary/aromatic N) is 1. The quantitative estimate of drug-likeness (QED) is 0.838. The van der Waals surface area contributed by atoms with Gasteiger partial charge >= 0.3 is 0 Å². The normalized spacial score (nSPS) is 10.4. The first-order valence-corrected chi connectivity index (χ1v) is 6.33. The predicted molar refractivity (Wildman–Crippen MR) is 69.1 cm³/mol. The van der Waals surface area contributed by atoms with Crippen molar-refractivity contribution in [1.82, 2.24) is 0 Å². The molecule has 0 amide bonds. The number of rotatable bonds is 5. The van der Waals surface area contributed by atoms with Gasteiger partial charge in [-0.05, 0) is 24.3 Å². The van der Waals surface area contributed by atoms with Gasteiger partial charge in [0.25, 0.3) is 5.76 Å². The highest BCUT2D eigenvalue weighted by Crippen LogP contribution is 2.31. The predicted octanol–water partition coefficient (Wildman–Crippen LogP) is 4.08. The first-order chi connectivity index (χ1) is 9.19. The van der Waals surface area contributed by atoms with E-state index in [-0.39, 0.29) is 5.76 Å². The number of hydrogen-bond donors (Lipinski definition) is 1. The molecule has 0 saturated carbocycles. The highest BCUT2D eigenvalue weighted by atomic mass is 32.2. The molecule has 0 bridgehead atoms. The van der Waals surface area contributed by atoms with Crippen LogP contribution in [0.25, 0.3) is 0 Å². The summed E-state index contributed by atoms with van der Waals surface area (Å²) >= 11 is 0.491. The molecule has 1 aromatic heterocycles. The van der Waals surface area contributed by atoms with Gasteiger partial charge < -0.3 is 9.73 Å². The molecule has 0 aliphatic rings. The number of anilines is 1. The molecule has 3 nitrogen and oxygen atoms in total. The fourth-order valence-electron chi connectivity index (χ4n) is 1.53. The van der Waals surface area contributed by atoms with Crippen LogP contribution in [-0.4, -0.2) is 5.76 Å². The molecule has 2 aromatic rings. The monoisotopic (exact) mass is 280 g/mol. The molecular weight excluding hydrogens is 270 g/mol. The van der Waals surface area contributed by atoms with Crippen LogP contribution in [0.2, 0.25) is 0 Å². The summed E-state index contributed by atoms with van der Waals surface area (Å²) < 4.78 is 30.0. The number of benzene rings is 1. The molecule has 1 aromatic carbocycles. The molecule has 2 rings (SSSR count). The highest BCUT2D eigenvalue weighted by molar-refractivity contribution is 7.99. The van der Waals surface area contributed by atoms with E-state index in [2.05, 4.69) is 5.32 Å². The van der Waals surface area contributed by atoms with Gasteiger partial charge in [-0.2, -0.15) is 14.0 Å². The van der Waals surface area contributed by atoms with Gasteiger partial charge in [-0.1, -0.05) is 23.9 Å². The molecule has 6 heteroatoms. The number of furan rings is 1. The van der Waals surface area contributed by atoms with Gasteiger partial charge in [-0.3, -0.25) is 0 Å². The summed E-state index contributed by atoms with van der Waals surface area (Å²) in [7, 11) is 0. The number of nitriles is 1. The summed E-state index contributed by atoms with van der Waals surface area (Å²) in [4.78, 5) is 0.476. The maximum Gasteiger partial charge on any atom is 0.288 e. The largest absolute Gasteiger partial charge is 0.449 e. The van der Waals surface area contributed by atoms with Gasteiger partial charge in [0.15, 0.2) is 0 Å². The van der Waals surface area contributed by atoms with Crippen molar-refractivity contribution >= 4 is 17.4 Å². The molecule has 0 aliphatic carbocycles. The Kier molecular flexibility index (Phi) is 4.42. The minimum atomic E-state index is -2.46. The van der Waals surface area contributed by atoms with Crippen molar-refractivity contribution in [3.05, 3.63) is 47.9 Å². The molecule has 0 spiro atoms. The lowest BCUT2D eigenvalue weighted by atomic mass is 10.3. The molecular formula is C13H10F2N2OS. The molecule has 0 atom stereocenters. The summed E-state index contributed by atoms with van der Waals surface area (Å²) in [6.45, 7) is 0.336. The topological polar surface area (TPSA) is 49.0 Å². The second-order valence-corrected chi connectivity index (χ2v) is 4.64. The summed E-state index contributed by atoms with van der Waals surface area (Å²) in [5.41, 5.74) is 0.614. The van der Waals surface area contributed by atoms with Crippen LogP contribution >= 0.6 is 11.8 Å². The zero-order valence-electron chi connectivity index (χ0n) is 9.77. The SMILES string of the molecule is N#Cc1ccc(CNc2ccccc2SC(F)F)o1. The Balaban J connectivity index is 2.05. The maximum absolute atomic E-state index is 12.4. The molecule has 0 aliphatic heterocycles. The Hall–Kier alpha value is -2.00. The number of hydrogen-bond acceptors (Lipinski definition) is 4. The first kappa shape index (κ1) is 13.4. The standard InChI is InChI=1S/C13H10F2N2OS/c14-13(15)19-12-4-2-1-3-11(12)17-8-10-6-5-9(7-16)18-10/h1-6,13,17H,8H2. The molecule has 19 heavy (non-hydrogen) atoms. The van der Waals surface area contributed by atoms with E-state index in [1.165, 1.54) is 0 Å². The maximum atomic E-state index is 12.4. The highest BCUT2D eigenvalue weighted by Gasteiger charge is 2.09. The number of halogens is 2. The van der Waals surface area contributed by atoms with E-state index in [9.17, 15) is 8.78 Å². The summed E-state index contributed by atoms with van der Waals surface area (Å²) in [6.07, 6.45) is 0. The fourth-order valence-corrected chi connectivity index (χ4v) is 2.14. The van der Waals surface area contributed by atoms with E-state index in [0.29, 0.717) is 34.6 Å².